The molecule has 3 heteroatoms. The van der Waals surface area contributed by atoms with Crippen LogP contribution in [0.3, 0.4) is 0 Å². The molecule has 2 rings (SSSR count). The molecule has 2 fully saturated rings. The van der Waals surface area contributed by atoms with E-state index in [9.17, 15) is 0 Å². The Bertz CT molecular complexity index is 238. The first-order valence-electron chi connectivity index (χ1n) is 6.64. The average Bonchev–Trinajstić information content (AvgIpc) is 2.87. The topological polar surface area (TPSA) is 38.5 Å². The number of likely N-dealkylation sites (N-methyl/N-ethyl adjacent to an activating group) is 1. The maximum Gasteiger partial charge on any atom is 0.0611 e. The van der Waals surface area contributed by atoms with Crippen molar-refractivity contribution >= 4 is 0 Å². The first kappa shape index (κ1) is 12.3. The summed E-state index contributed by atoms with van der Waals surface area (Å²) in [5.74, 6) is 1.85. The fourth-order valence-electron chi connectivity index (χ4n) is 2.97. The van der Waals surface area contributed by atoms with Gasteiger partial charge in [-0.05, 0) is 45.1 Å². The number of ether oxygens (including phenoxy) is 1. The summed E-state index contributed by atoms with van der Waals surface area (Å²) in [6, 6.07) is 0. The number of hydrogen-bond donors (Lipinski definition) is 1. The van der Waals surface area contributed by atoms with E-state index in [2.05, 4.69) is 25.8 Å². The van der Waals surface area contributed by atoms with E-state index in [1.165, 1.54) is 13.0 Å². The molecule has 2 N–H and O–H groups in total. The van der Waals surface area contributed by atoms with Gasteiger partial charge in [0.1, 0.15) is 0 Å². The zero-order chi connectivity index (χ0) is 11.8. The molecule has 0 bridgehead atoms. The molecule has 0 aromatic rings. The summed E-state index contributed by atoms with van der Waals surface area (Å²) in [7, 11) is 2.24. The first-order valence-corrected chi connectivity index (χ1v) is 6.64. The predicted molar refractivity (Wildman–Crippen MR) is 66.3 cm³/mol. The molecule has 16 heavy (non-hydrogen) atoms. The molecule has 0 aromatic carbocycles. The lowest BCUT2D eigenvalue weighted by Crippen LogP contribution is -2.63. The van der Waals surface area contributed by atoms with E-state index < -0.39 is 0 Å². The normalized spacial score (nSPS) is 42.2. The van der Waals surface area contributed by atoms with E-state index >= 15 is 0 Å². The SMILES string of the molecule is CCOC1CC(CN)(N(C)CC2CC2C)C1. The lowest BCUT2D eigenvalue weighted by molar-refractivity contribution is -0.0934. The molecule has 2 unspecified atom stereocenters. The molecule has 2 aliphatic carbocycles. The summed E-state index contributed by atoms with van der Waals surface area (Å²) in [6.45, 7) is 7.23. The fourth-order valence-corrected chi connectivity index (χ4v) is 2.97. The van der Waals surface area contributed by atoms with Crippen LogP contribution in [0.2, 0.25) is 0 Å². The maximum atomic E-state index is 5.96. The van der Waals surface area contributed by atoms with Crippen molar-refractivity contribution in [2.45, 2.75) is 44.8 Å². The molecular weight excluding hydrogens is 200 g/mol. The Morgan fingerprint density at radius 2 is 2.06 bits per heavy atom. The van der Waals surface area contributed by atoms with Gasteiger partial charge in [-0.1, -0.05) is 6.92 Å². The third-order valence-corrected chi connectivity index (χ3v) is 4.59. The van der Waals surface area contributed by atoms with Crippen molar-refractivity contribution in [1.82, 2.24) is 4.90 Å². The van der Waals surface area contributed by atoms with Crippen LogP contribution >= 0.6 is 0 Å². The Morgan fingerprint density at radius 1 is 1.44 bits per heavy atom. The molecule has 2 atom stereocenters. The number of hydrogen-bond acceptors (Lipinski definition) is 3. The molecule has 0 radical (unpaired) electrons. The monoisotopic (exact) mass is 226 g/mol. The second kappa shape index (κ2) is 4.63. The Labute approximate surface area is 99.3 Å². The summed E-state index contributed by atoms with van der Waals surface area (Å²) < 4.78 is 5.64. The summed E-state index contributed by atoms with van der Waals surface area (Å²) in [5.41, 5.74) is 6.20. The molecule has 0 amide bonds. The number of nitrogens with zero attached hydrogens (tertiary/aromatic N) is 1. The van der Waals surface area contributed by atoms with Crippen LogP contribution in [0, 0.1) is 11.8 Å². The molecule has 0 spiro atoms. The van der Waals surface area contributed by atoms with Gasteiger partial charge in [0, 0.05) is 25.2 Å². The fraction of sp³-hybridized carbons (Fsp3) is 1.00. The molecule has 94 valence electrons. The van der Waals surface area contributed by atoms with Gasteiger partial charge in [-0.2, -0.15) is 0 Å². The van der Waals surface area contributed by atoms with Gasteiger partial charge in [-0.15, -0.1) is 0 Å². The summed E-state index contributed by atoms with van der Waals surface area (Å²) in [4.78, 5) is 2.50. The summed E-state index contributed by atoms with van der Waals surface area (Å²) in [6.07, 6.45) is 4.09. The quantitative estimate of drug-likeness (QED) is 0.745. The van der Waals surface area contributed by atoms with Crippen LogP contribution in [0.1, 0.15) is 33.1 Å². The number of nitrogens with two attached hydrogens (primary N) is 1. The van der Waals surface area contributed by atoms with Crippen LogP contribution < -0.4 is 5.73 Å². The van der Waals surface area contributed by atoms with E-state index in [1.807, 2.05) is 0 Å². The van der Waals surface area contributed by atoms with Gasteiger partial charge in [-0.3, -0.25) is 4.90 Å². The van der Waals surface area contributed by atoms with E-state index in [4.69, 9.17) is 10.5 Å². The van der Waals surface area contributed by atoms with Crippen LogP contribution in [-0.4, -0.2) is 43.3 Å². The molecule has 0 aromatic heterocycles. The smallest absolute Gasteiger partial charge is 0.0611 e. The lowest BCUT2D eigenvalue weighted by Gasteiger charge is -2.52. The second-order valence-electron chi connectivity index (χ2n) is 5.77. The third-order valence-electron chi connectivity index (χ3n) is 4.59. The van der Waals surface area contributed by atoms with Crippen LogP contribution in [0.5, 0.6) is 0 Å². The molecular formula is C13H26N2O. The van der Waals surface area contributed by atoms with Crippen LogP contribution in [0.25, 0.3) is 0 Å². The zero-order valence-corrected chi connectivity index (χ0v) is 10.9. The third kappa shape index (κ3) is 2.27. The molecule has 2 saturated carbocycles. The second-order valence-corrected chi connectivity index (χ2v) is 5.77. The molecule has 2 aliphatic rings. The van der Waals surface area contributed by atoms with Gasteiger partial charge in [-0.25, -0.2) is 0 Å². The highest BCUT2D eigenvalue weighted by Gasteiger charge is 2.48. The first-order chi connectivity index (χ1) is 7.61. The maximum absolute atomic E-state index is 5.96. The van der Waals surface area contributed by atoms with Crippen LogP contribution in [0.15, 0.2) is 0 Å². The zero-order valence-electron chi connectivity index (χ0n) is 10.9. The van der Waals surface area contributed by atoms with Gasteiger partial charge >= 0.3 is 0 Å². The minimum Gasteiger partial charge on any atom is -0.378 e. The average molecular weight is 226 g/mol. The van der Waals surface area contributed by atoms with Gasteiger partial charge < -0.3 is 10.5 Å². The van der Waals surface area contributed by atoms with Crippen molar-refractivity contribution in [3.05, 3.63) is 0 Å². The summed E-state index contributed by atoms with van der Waals surface area (Å²) >= 11 is 0. The van der Waals surface area contributed by atoms with Crippen molar-refractivity contribution in [2.75, 3.05) is 26.7 Å². The highest BCUT2D eigenvalue weighted by atomic mass is 16.5. The van der Waals surface area contributed by atoms with Crippen molar-refractivity contribution in [3.63, 3.8) is 0 Å². The molecule has 0 aliphatic heterocycles. The standard InChI is InChI=1S/C13H26N2O/c1-4-16-12-6-13(7-12,9-14)15(3)8-11-5-10(11)2/h10-12H,4-9,14H2,1-3H3. The van der Waals surface area contributed by atoms with Crippen LogP contribution in [0.4, 0.5) is 0 Å². The lowest BCUT2D eigenvalue weighted by atomic mass is 9.73. The molecule has 0 heterocycles. The van der Waals surface area contributed by atoms with Gasteiger partial charge in [0.15, 0.2) is 0 Å². The van der Waals surface area contributed by atoms with Crippen molar-refractivity contribution in [3.8, 4) is 0 Å². The van der Waals surface area contributed by atoms with Crippen LogP contribution in [-0.2, 0) is 4.74 Å². The van der Waals surface area contributed by atoms with Gasteiger partial charge in [0.05, 0.1) is 6.10 Å². The molecule has 3 nitrogen and oxygen atoms in total. The largest absolute Gasteiger partial charge is 0.378 e. The van der Waals surface area contributed by atoms with Crippen molar-refractivity contribution in [1.29, 1.82) is 0 Å². The van der Waals surface area contributed by atoms with E-state index in [1.54, 1.807) is 0 Å². The highest BCUT2D eigenvalue weighted by Crippen LogP contribution is 2.43. The van der Waals surface area contributed by atoms with Crippen molar-refractivity contribution in [2.24, 2.45) is 17.6 Å². The van der Waals surface area contributed by atoms with Gasteiger partial charge in [0.25, 0.3) is 0 Å². The highest BCUT2D eigenvalue weighted by molar-refractivity contribution is 5.04. The minimum atomic E-state index is 0.238. The van der Waals surface area contributed by atoms with E-state index in [-0.39, 0.29) is 5.54 Å². The number of rotatable bonds is 6. The van der Waals surface area contributed by atoms with E-state index in [0.29, 0.717) is 6.10 Å². The van der Waals surface area contributed by atoms with E-state index in [0.717, 1.165) is 37.8 Å². The minimum absolute atomic E-state index is 0.238. The summed E-state index contributed by atoms with van der Waals surface area (Å²) in [5, 5.41) is 0. The van der Waals surface area contributed by atoms with Gasteiger partial charge in [0.2, 0.25) is 0 Å². The predicted octanol–water partition coefficient (Wildman–Crippen LogP) is 1.47. The Kier molecular flexibility index (Phi) is 3.57. The Morgan fingerprint density at radius 3 is 2.50 bits per heavy atom. The Balaban J connectivity index is 1.81. The molecule has 0 saturated heterocycles. The van der Waals surface area contributed by atoms with Crippen molar-refractivity contribution < 1.29 is 4.74 Å². The Hall–Kier alpha value is -0.120.